The minimum Gasteiger partial charge on any atom is -0.481 e. The van der Waals surface area contributed by atoms with E-state index in [0.29, 0.717) is 0 Å². The Morgan fingerprint density at radius 1 is 1.24 bits per heavy atom. The van der Waals surface area contributed by atoms with Crippen molar-refractivity contribution in [2.45, 2.75) is 19.4 Å². The summed E-state index contributed by atoms with van der Waals surface area (Å²) in [6, 6.07) is 4.22. The van der Waals surface area contributed by atoms with Crippen molar-refractivity contribution in [2.75, 3.05) is 0 Å². The zero-order valence-electron chi connectivity index (χ0n) is 11.2. The number of carbonyl (C=O) groups excluding carboxylic acids is 3. The number of nitrogens with one attached hydrogen (secondary N) is 1. The van der Waals surface area contributed by atoms with Gasteiger partial charge >= 0.3 is 11.9 Å². The molecule has 0 spiro atoms. The van der Waals surface area contributed by atoms with Crippen molar-refractivity contribution in [3.63, 3.8) is 0 Å². The van der Waals surface area contributed by atoms with Gasteiger partial charge in [-0.05, 0) is 24.3 Å². The number of aliphatic carboxylic acids is 1. The van der Waals surface area contributed by atoms with Crippen LogP contribution < -0.4 is 15.8 Å². The van der Waals surface area contributed by atoms with E-state index in [9.17, 15) is 19.2 Å². The van der Waals surface area contributed by atoms with Gasteiger partial charge in [-0.3, -0.25) is 19.2 Å². The molecule has 0 radical (unpaired) electrons. The van der Waals surface area contributed by atoms with Crippen molar-refractivity contribution in [2.24, 2.45) is 5.73 Å². The lowest BCUT2D eigenvalue weighted by Gasteiger charge is -2.13. The summed E-state index contributed by atoms with van der Waals surface area (Å²) in [5.41, 5.74) is 5.18. The number of primary amides is 1. The second kappa shape index (κ2) is 7.04. The maximum atomic E-state index is 11.9. The summed E-state index contributed by atoms with van der Waals surface area (Å²) in [5, 5.41) is 10.9. The zero-order chi connectivity index (χ0) is 16.0. The van der Waals surface area contributed by atoms with Gasteiger partial charge in [0.05, 0.1) is 6.42 Å². The molecule has 8 heteroatoms. The van der Waals surface area contributed by atoms with E-state index in [2.05, 4.69) is 5.32 Å². The third-order valence-corrected chi connectivity index (χ3v) is 2.41. The molecular weight excluding hydrogens is 280 g/mol. The Balaban J connectivity index is 2.76. The van der Waals surface area contributed by atoms with E-state index < -0.39 is 36.2 Å². The van der Waals surface area contributed by atoms with Crippen LogP contribution in [0.2, 0.25) is 0 Å². The molecule has 0 aliphatic rings. The fourth-order valence-electron chi connectivity index (χ4n) is 1.48. The number of carboxylic acids is 1. The molecule has 0 aromatic heterocycles. The topological polar surface area (TPSA) is 136 Å². The van der Waals surface area contributed by atoms with Crippen molar-refractivity contribution in [1.29, 1.82) is 0 Å². The van der Waals surface area contributed by atoms with Gasteiger partial charge in [0.2, 0.25) is 5.91 Å². The smallest absolute Gasteiger partial charge is 0.308 e. The number of amides is 2. The van der Waals surface area contributed by atoms with Gasteiger partial charge in [-0.2, -0.15) is 0 Å². The predicted octanol–water partition coefficient (Wildman–Crippen LogP) is -0.330. The highest BCUT2D eigenvalue weighted by Gasteiger charge is 2.21. The van der Waals surface area contributed by atoms with Crippen LogP contribution in [0.3, 0.4) is 0 Å². The number of hydrogen-bond donors (Lipinski definition) is 3. The largest absolute Gasteiger partial charge is 0.481 e. The van der Waals surface area contributed by atoms with Gasteiger partial charge in [0.1, 0.15) is 11.8 Å². The maximum Gasteiger partial charge on any atom is 0.308 e. The van der Waals surface area contributed by atoms with Crippen molar-refractivity contribution in [1.82, 2.24) is 5.32 Å². The highest BCUT2D eigenvalue weighted by molar-refractivity contribution is 5.98. The Bertz CT molecular complexity index is 567. The monoisotopic (exact) mass is 294 g/mol. The Kier molecular flexibility index (Phi) is 5.41. The molecule has 0 unspecified atom stereocenters. The van der Waals surface area contributed by atoms with E-state index in [1.54, 1.807) is 0 Å². The molecule has 1 aromatic rings. The number of carbonyl (C=O) groups is 4. The molecule has 1 atom stereocenters. The van der Waals surface area contributed by atoms with E-state index >= 15 is 0 Å². The summed E-state index contributed by atoms with van der Waals surface area (Å²) in [7, 11) is 0. The molecule has 4 N–H and O–H groups in total. The average molecular weight is 294 g/mol. The standard InChI is InChI=1S/C13H14N2O6/c1-7(16)21-9-4-2-8(3-5-9)13(20)15-10(12(14)19)6-11(17)18/h2-5,10H,6H2,1H3,(H2,14,19)(H,15,20)(H,17,18)/t10-/m0/s1. The lowest BCUT2D eigenvalue weighted by molar-refractivity contribution is -0.139. The number of carboxylic acid groups (broad SMARTS) is 1. The van der Waals surface area contributed by atoms with Crippen LogP contribution in [0.4, 0.5) is 0 Å². The molecule has 0 heterocycles. The third kappa shape index (κ3) is 5.31. The minimum absolute atomic E-state index is 0.169. The number of esters is 1. The molecule has 21 heavy (non-hydrogen) atoms. The van der Waals surface area contributed by atoms with Crippen LogP contribution in [0, 0.1) is 0 Å². The Morgan fingerprint density at radius 2 is 1.81 bits per heavy atom. The van der Waals surface area contributed by atoms with Gasteiger partial charge in [-0.1, -0.05) is 0 Å². The van der Waals surface area contributed by atoms with Crippen LogP contribution in [0.1, 0.15) is 23.7 Å². The van der Waals surface area contributed by atoms with E-state index in [1.165, 1.54) is 31.2 Å². The van der Waals surface area contributed by atoms with Crippen LogP contribution in [-0.2, 0) is 14.4 Å². The summed E-state index contributed by atoms with van der Waals surface area (Å²) >= 11 is 0. The van der Waals surface area contributed by atoms with Gasteiger partial charge in [0.15, 0.2) is 0 Å². The Hall–Kier alpha value is -2.90. The SMILES string of the molecule is CC(=O)Oc1ccc(C(=O)N[C@@H](CC(=O)O)C(N)=O)cc1. The minimum atomic E-state index is -1.30. The maximum absolute atomic E-state index is 11.9. The molecule has 0 aliphatic heterocycles. The lowest BCUT2D eigenvalue weighted by Crippen LogP contribution is -2.45. The molecule has 2 amide bonds. The van der Waals surface area contributed by atoms with Crippen LogP contribution in [0.25, 0.3) is 0 Å². The van der Waals surface area contributed by atoms with Crippen molar-refractivity contribution >= 4 is 23.8 Å². The molecular formula is C13H14N2O6. The molecule has 0 aliphatic carbocycles. The van der Waals surface area contributed by atoms with Gasteiger partial charge in [-0.15, -0.1) is 0 Å². The summed E-state index contributed by atoms with van der Waals surface area (Å²) in [6.45, 7) is 1.24. The van der Waals surface area contributed by atoms with Crippen molar-refractivity contribution in [3.05, 3.63) is 29.8 Å². The molecule has 1 aromatic carbocycles. The van der Waals surface area contributed by atoms with Gasteiger partial charge < -0.3 is 20.9 Å². The summed E-state index contributed by atoms with van der Waals surface area (Å²) in [4.78, 5) is 44.2. The molecule has 112 valence electrons. The Labute approximate surface area is 119 Å². The number of hydrogen-bond acceptors (Lipinski definition) is 5. The first kappa shape index (κ1) is 16.2. The number of benzene rings is 1. The number of ether oxygens (including phenoxy) is 1. The summed E-state index contributed by atoms with van der Waals surface area (Å²) in [6.07, 6.45) is -0.605. The van der Waals surface area contributed by atoms with E-state index in [0.717, 1.165) is 0 Å². The van der Waals surface area contributed by atoms with Crippen molar-refractivity contribution in [3.8, 4) is 5.75 Å². The first-order valence-electron chi connectivity index (χ1n) is 5.90. The number of nitrogens with two attached hydrogens (primary N) is 1. The Morgan fingerprint density at radius 3 is 2.24 bits per heavy atom. The highest BCUT2D eigenvalue weighted by atomic mass is 16.5. The fourth-order valence-corrected chi connectivity index (χ4v) is 1.48. The molecule has 8 nitrogen and oxygen atoms in total. The van der Waals surface area contributed by atoms with E-state index in [1.807, 2.05) is 0 Å². The molecule has 0 bridgehead atoms. The third-order valence-electron chi connectivity index (χ3n) is 2.41. The predicted molar refractivity (Wildman–Crippen MR) is 70.5 cm³/mol. The van der Waals surface area contributed by atoms with Crippen LogP contribution in [0.5, 0.6) is 5.75 Å². The van der Waals surface area contributed by atoms with Gasteiger partial charge in [0, 0.05) is 12.5 Å². The lowest BCUT2D eigenvalue weighted by atomic mass is 10.1. The fraction of sp³-hybridized carbons (Fsp3) is 0.231. The van der Waals surface area contributed by atoms with Gasteiger partial charge in [-0.25, -0.2) is 0 Å². The molecule has 0 saturated carbocycles. The first-order valence-corrected chi connectivity index (χ1v) is 5.90. The van der Waals surface area contributed by atoms with Crippen LogP contribution in [-0.4, -0.2) is 34.9 Å². The summed E-state index contributed by atoms with van der Waals surface area (Å²) < 4.78 is 4.80. The average Bonchev–Trinajstić information content (AvgIpc) is 2.37. The van der Waals surface area contributed by atoms with E-state index in [4.69, 9.17) is 15.6 Å². The number of rotatable bonds is 6. The van der Waals surface area contributed by atoms with Crippen LogP contribution in [0.15, 0.2) is 24.3 Å². The van der Waals surface area contributed by atoms with Crippen LogP contribution >= 0.6 is 0 Å². The zero-order valence-corrected chi connectivity index (χ0v) is 11.2. The first-order chi connectivity index (χ1) is 9.79. The van der Waals surface area contributed by atoms with E-state index in [-0.39, 0.29) is 11.3 Å². The highest BCUT2D eigenvalue weighted by Crippen LogP contribution is 2.12. The molecule has 0 fully saturated rings. The van der Waals surface area contributed by atoms with Crippen molar-refractivity contribution < 1.29 is 29.0 Å². The quantitative estimate of drug-likeness (QED) is 0.485. The van der Waals surface area contributed by atoms with Gasteiger partial charge in [0.25, 0.3) is 5.91 Å². The second-order valence-corrected chi connectivity index (χ2v) is 4.14. The normalized spacial score (nSPS) is 11.3. The molecule has 0 saturated heterocycles. The molecule has 1 rings (SSSR count). The second-order valence-electron chi connectivity index (χ2n) is 4.14. The summed E-state index contributed by atoms with van der Waals surface area (Å²) in [5.74, 6) is -3.10.